The molecular weight excluding hydrogens is 292 g/mol. The van der Waals surface area contributed by atoms with Gasteiger partial charge in [0.05, 0.1) is 6.61 Å². The normalized spacial score (nSPS) is 21.3. The summed E-state index contributed by atoms with van der Waals surface area (Å²) in [5.74, 6) is 0.492. The first-order valence-electron chi connectivity index (χ1n) is 8.57. The number of likely N-dealkylation sites (tertiary alicyclic amines) is 1. The van der Waals surface area contributed by atoms with Gasteiger partial charge in [0, 0.05) is 25.7 Å². The van der Waals surface area contributed by atoms with Gasteiger partial charge in [-0.2, -0.15) is 0 Å². The second-order valence-corrected chi connectivity index (χ2v) is 6.60. The second kappa shape index (κ2) is 7.79. The summed E-state index contributed by atoms with van der Waals surface area (Å²) >= 11 is 0. The number of nitrogens with zero attached hydrogens (tertiary/aromatic N) is 2. The first-order chi connectivity index (χ1) is 11.3. The predicted octanol–water partition coefficient (Wildman–Crippen LogP) is 2.10. The average molecular weight is 318 g/mol. The van der Waals surface area contributed by atoms with Crippen molar-refractivity contribution in [1.82, 2.24) is 9.80 Å². The molecule has 126 valence electrons. The Hall–Kier alpha value is -1.59. The van der Waals surface area contributed by atoms with Crippen molar-refractivity contribution in [3.8, 4) is 0 Å². The number of hydrogen-bond acceptors (Lipinski definition) is 4. The van der Waals surface area contributed by atoms with Crippen LogP contribution in [0.4, 0.5) is 4.79 Å². The highest BCUT2D eigenvalue weighted by atomic mass is 16.6. The average Bonchev–Trinajstić information content (AvgIpc) is 3.32. The van der Waals surface area contributed by atoms with Crippen molar-refractivity contribution < 1.29 is 14.6 Å². The van der Waals surface area contributed by atoms with E-state index in [1.54, 1.807) is 0 Å². The summed E-state index contributed by atoms with van der Waals surface area (Å²) in [5.41, 5.74) is 1.02. The molecule has 1 aromatic rings. The Morgan fingerprint density at radius 2 is 2.04 bits per heavy atom. The minimum atomic E-state index is -0.183. The molecule has 2 aliphatic rings. The fraction of sp³-hybridized carbons (Fsp3) is 0.611. The lowest BCUT2D eigenvalue weighted by atomic mass is 10.1. The van der Waals surface area contributed by atoms with Gasteiger partial charge < -0.3 is 19.6 Å². The highest BCUT2D eigenvalue weighted by molar-refractivity contribution is 5.68. The van der Waals surface area contributed by atoms with Gasteiger partial charge in [-0.05, 0) is 37.3 Å². The second-order valence-electron chi connectivity index (χ2n) is 6.60. The highest BCUT2D eigenvalue weighted by Gasteiger charge is 2.36. The van der Waals surface area contributed by atoms with Gasteiger partial charge in [-0.15, -0.1) is 0 Å². The minimum absolute atomic E-state index is 0.183. The minimum Gasteiger partial charge on any atom is -0.445 e. The number of carbonyl (C=O) groups excluding carboxylic acids is 1. The first-order valence-corrected chi connectivity index (χ1v) is 8.57. The molecule has 1 atom stereocenters. The number of ether oxygens (including phenoxy) is 1. The maximum Gasteiger partial charge on any atom is 0.410 e. The van der Waals surface area contributed by atoms with Crippen molar-refractivity contribution >= 4 is 6.09 Å². The molecule has 1 aliphatic carbocycles. The zero-order valence-corrected chi connectivity index (χ0v) is 13.6. The molecular formula is C18H26N2O3. The zero-order valence-electron chi connectivity index (χ0n) is 13.6. The molecule has 1 aliphatic heterocycles. The number of amides is 1. The number of aliphatic hydroxyl groups excluding tert-OH is 1. The fourth-order valence-corrected chi connectivity index (χ4v) is 3.25. The summed E-state index contributed by atoms with van der Waals surface area (Å²) in [5, 5.41) is 9.03. The Labute approximate surface area is 137 Å². The summed E-state index contributed by atoms with van der Waals surface area (Å²) in [6.45, 7) is 4.04. The topological polar surface area (TPSA) is 53.0 Å². The molecule has 1 aromatic carbocycles. The Bertz CT molecular complexity index is 504. The van der Waals surface area contributed by atoms with Crippen LogP contribution < -0.4 is 0 Å². The third-order valence-electron chi connectivity index (χ3n) is 4.67. The van der Waals surface area contributed by atoms with Crippen molar-refractivity contribution in [2.75, 3.05) is 32.8 Å². The molecule has 2 fully saturated rings. The highest BCUT2D eigenvalue weighted by Crippen LogP contribution is 2.30. The largest absolute Gasteiger partial charge is 0.445 e. The van der Waals surface area contributed by atoms with Gasteiger partial charge in [-0.1, -0.05) is 30.3 Å². The van der Waals surface area contributed by atoms with Crippen molar-refractivity contribution in [1.29, 1.82) is 0 Å². The van der Waals surface area contributed by atoms with Gasteiger partial charge in [0.2, 0.25) is 0 Å². The van der Waals surface area contributed by atoms with E-state index in [4.69, 9.17) is 9.84 Å². The quantitative estimate of drug-likeness (QED) is 0.836. The molecule has 1 N–H and O–H groups in total. The van der Waals surface area contributed by atoms with Crippen LogP contribution in [0.2, 0.25) is 0 Å². The lowest BCUT2D eigenvalue weighted by molar-refractivity contribution is 0.0874. The molecule has 23 heavy (non-hydrogen) atoms. The Balaban J connectivity index is 1.49. The van der Waals surface area contributed by atoms with Gasteiger partial charge in [0.25, 0.3) is 0 Å². The van der Waals surface area contributed by atoms with E-state index in [2.05, 4.69) is 4.90 Å². The van der Waals surface area contributed by atoms with Gasteiger partial charge in [-0.3, -0.25) is 0 Å². The van der Waals surface area contributed by atoms with Crippen LogP contribution in [0.15, 0.2) is 30.3 Å². The molecule has 5 nitrogen and oxygen atoms in total. The van der Waals surface area contributed by atoms with E-state index in [0.717, 1.165) is 51.0 Å². The monoisotopic (exact) mass is 318 g/mol. The molecule has 1 amide bonds. The number of β-amino-alcohol motifs (C(OH)–C–C–N with tert-alkyl or cyclic N) is 1. The van der Waals surface area contributed by atoms with E-state index in [1.807, 2.05) is 35.2 Å². The van der Waals surface area contributed by atoms with E-state index < -0.39 is 0 Å². The molecule has 5 heteroatoms. The summed E-state index contributed by atoms with van der Waals surface area (Å²) < 4.78 is 5.51. The van der Waals surface area contributed by atoms with Crippen molar-refractivity contribution in [2.45, 2.75) is 31.9 Å². The van der Waals surface area contributed by atoms with Crippen LogP contribution >= 0.6 is 0 Å². The van der Waals surface area contributed by atoms with Crippen molar-refractivity contribution in [3.05, 3.63) is 35.9 Å². The van der Waals surface area contributed by atoms with Crippen LogP contribution in [-0.4, -0.2) is 59.8 Å². The van der Waals surface area contributed by atoms with Crippen molar-refractivity contribution in [3.63, 3.8) is 0 Å². The van der Waals surface area contributed by atoms with Crippen LogP contribution in [-0.2, 0) is 11.3 Å². The third-order valence-corrected chi connectivity index (χ3v) is 4.67. The van der Waals surface area contributed by atoms with Crippen LogP contribution in [0.5, 0.6) is 0 Å². The van der Waals surface area contributed by atoms with Gasteiger partial charge >= 0.3 is 6.09 Å². The SMILES string of the molecule is O=C(OCc1ccccc1)N(CC1CCN(CCO)C1)C1CC1. The molecule has 0 bridgehead atoms. The molecule has 3 rings (SSSR count). The summed E-state index contributed by atoms with van der Waals surface area (Å²) in [7, 11) is 0. The van der Waals surface area contributed by atoms with Crippen LogP contribution in [0.3, 0.4) is 0 Å². The van der Waals surface area contributed by atoms with Crippen LogP contribution in [0, 0.1) is 5.92 Å². The van der Waals surface area contributed by atoms with E-state index >= 15 is 0 Å². The van der Waals surface area contributed by atoms with E-state index in [9.17, 15) is 4.79 Å². The zero-order chi connectivity index (χ0) is 16.1. The molecule has 0 spiro atoms. The Morgan fingerprint density at radius 1 is 1.26 bits per heavy atom. The predicted molar refractivity (Wildman–Crippen MR) is 88.0 cm³/mol. The fourth-order valence-electron chi connectivity index (χ4n) is 3.25. The molecule has 0 radical (unpaired) electrons. The first kappa shape index (κ1) is 16.3. The lowest BCUT2D eigenvalue weighted by Crippen LogP contribution is -2.38. The number of carbonyl (C=O) groups is 1. The molecule has 1 heterocycles. The van der Waals surface area contributed by atoms with E-state index in [-0.39, 0.29) is 12.7 Å². The Kier molecular flexibility index (Phi) is 5.51. The maximum atomic E-state index is 12.4. The summed E-state index contributed by atoms with van der Waals surface area (Å²) in [4.78, 5) is 16.6. The van der Waals surface area contributed by atoms with E-state index in [1.165, 1.54) is 0 Å². The number of aliphatic hydroxyl groups is 1. The maximum absolute atomic E-state index is 12.4. The van der Waals surface area contributed by atoms with Crippen LogP contribution in [0.1, 0.15) is 24.8 Å². The number of benzene rings is 1. The molecule has 1 unspecified atom stereocenters. The molecule has 1 saturated heterocycles. The van der Waals surface area contributed by atoms with E-state index in [0.29, 0.717) is 18.6 Å². The summed E-state index contributed by atoms with van der Waals surface area (Å²) in [6.07, 6.45) is 3.09. The van der Waals surface area contributed by atoms with Crippen molar-refractivity contribution in [2.24, 2.45) is 5.92 Å². The third kappa shape index (κ3) is 4.69. The van der Waals surface area contributed by atoms with Crippen LogP contribution in [0.25, 0.3) is 0 Å². The van der Waals surface area contributed by atoms with Gasteiger partial charge in [-0.25, -0.2) is 4.79 Å². The Morgan fingerprint density at radius 3 is 2.74 bits per heavy atom. The number of rotatable bonds is 7. The van der Waals surface area contributed by atoms with Gasteiger partial charge in [0.15, 0.2) is 0 Å². The molecule has 0 aromatic heterocycles. The molecule has 1 saturated carbocycles. The smallest absolute Gasteiger partial charge is 0.410 e. The summed E-state index contributed by atoms with van der Waals surface area (Å²) in [6, 6.07) is 10.2. The van der Waals surface area contributed by atoms with Gasteiger partial charge in [0.1, 0.15) is 6.61 Å². The standard InChI is InChI=1S/C18H26N2O3/c21-11-10-19-9-8-16(12-19)13-20(17-6-7-17)18(22)23-14-15-4-2-1-3-5-15/h1-5,16-17,21H,6-14H2. The lowest BCUT2D eigenvalue weighted by Gasteiger charge is -2.25. The number of hydrogen-bond donors (Lipinski definition) is 1.